The average Bonchev–Trinajstić information content (AvgIpc) is 2.71. The summed E-state index contributed by atoms with van der Waals surface area (Å²) in [4.78, 5) is 14.1. The van der Waals surface area contributed by atoms with Crippen LogP contribution in [0.15, 0.2) is 29.0 Å². The summed E-state index contributed by atoms with van der Waals surface area (Å²) in [6.07, 6.45) is 3.13. The molecule has 0 unspecified atom stereocenters. The molecule has 0 amide bonds. The van der Waals surface area contributed by atoms with E-state index in [1.54, 1.807) is 6.20 Å². The van der Waals surface area contributed by atoms with Gasteiger partial charge >= 0.3 is 5.82 Å². The van der Waals surface area contributed by atoms with E-state index in [9.17, 15) is 10.1 Å². The molecule has 0 N–H and O–H groups in total. The Balaban J connectivity index is 2.50. The zero-order valence-electron chi connectivity index (χ0n) is 8.29. The van der Waals surface area contributed by atoms with Crippen molar-refractivity contribution < 1.29 is 4.92 Å². The lowest BCUT2D eigenvalue weighted by Crippen LogP contribution is -2.01. The van der Waals surface area contributed by atoms with Crippen molar-refractivity contribution >= 4 is 21.7 Å². The van der Waals surface area contributed by atoms with Gasteiger partial charge in [0.1, 0.15) is 0 Å². The summed E-state index contributed by atoms with van der Waals surface area (Å²) in [5.74, 6) is 0.336. The predicted molar refractivity (Wildman–Crippen MR) is 60.5 cm³/mol. The van der Waals surface area contributed by atoms with Gasteiger partial charge in [0.25, 0.3) is 0 Å². The zero-order chi connectivity index (χ0) is 11.7. The number of aromatic nitrogens is 3. The molecule has 0 aliphatic carbocycles. The monoisotopic (exact) mass is 282 g/mol. The summed E-state index contributed by atoms with van der Waals surface area (Å²) < 4.78 is 2.14. The van der Waals surface area contributed by atoms with E-state index in [1.807, 2.05) is 13.0 Å². The van der Waals surface area contributed by atoms with Crippen molar-refractivity contribution in [3.8, 4) is 5.82 Å². The Morgan fingerprint density at radius 1 is 1.50 bits per heavy atom. The van der Waals surface area contributed by atoms with Crippen molar-refractivity contribution in [2.45, 2.75) is 6.92 Å². The maximum atomic E-state index is 10.5. The average molecular weight is 283 g/mol. The quantitative estimate of drug-likeness (QED) is 0.625. The lowest BCUT2D eigenvalue weighted by molar-refractivity contribution is -0.389. The van der Waals surface area contributed by atoms with Crippen LogP contribution >= 0.6 is 15.9 Å². The molecule has 0 saturated carbocycles. The minimum atomic E-state index is -0.541. The standard InChI is InChI=1S/C9H7BrN4O2/c1-6-2-4-11-9(8(6)10)13-5-3-7(12-13)14(15)16/h2-5H,1H3. The first-order valence-corrected chi connectivity index (χ1v) is 5.20. The number of aryl methyl sites for hydroxylation is 1. The molecule has 0 aliphatic heterocycles. The van der Waals surface area contributed by atoms with E-state index in [-0.39, 0.29) is 5.82 Å². The van der Waals surface area contributed by atoms with Crippen LogP contribution in [-0.4, -0.2) is 19.7 Å². The van der Waals surface area contributed by atoms with Crippen LogP contribution in [0.5, 0.6) is 0 Å². The summed E-state index contributed by atoms with van der Waals surface area (Å²) in [6.45, 7) is 1.91. The molecule has 16 heavy (non-hydrogen) atoms. The van der Waals surface area contributed by atoms with Gasteiger partial charge in [-0.15, -0.1) is 4.68 Å². The van der Waals surface area contributed by atoms with Crippen LogP contribution in [0.4, 0.5) is 5.82 Å². The SMILES string of the molecule is Cc1ccnc(-n2ccc([N+](=O)[O-])n2)c1Br. The lowest BCUT2D eigenvalue weighted by Gasteiger charge is -2.01. The fraction of sp³-hybridized carbons (Fsp3) is 0.111. The molecular weight excluding hydrogens is 276 g/mol. The molecule has 0 aromatic carbocycles. The Kier molecular flexibility index (Phi) is 2.69. The molecule has 0 radical (unpaired) electrons. The molecule has 2 aromatic heterocycles. The van der Waals surface area contributed by atoms with Crippen molar-refractivity contribution in [2.24, 2.45) is 0 Å². The fourth-order valence-electron chi connectivity index (χ4n) is 1.22. The van der Waals surface area contributed by atoms with Crippen molar-refractivity contribution in [2.75, 3.05) is 0 Å². The van der Waals surface area contributed by atoms with E-state index in [0.717, 1.165) is 10.0 Å². The molecule has 0 fully saturated rings. The largest absolute Gasteiger partial charge is 0.390 e. The van der Waals surface area contributed by atoms with Gasteiger partial charge in [0.05, 0.1) is 21.8 Å². The molecule has 2 heterocycles. The zero-order valence-corrected chi connectivity index (χ0v) is 9.88. The van der Waals surface area contributed by atoms with E-state index in [0.29, 0.717) is 5.82 Å². The van der Waals surface area contributed by atoms with Gasteiger partial charge in [-0.1, -0.05) is 0 Å². The number of rotatable bonds is 2. The van der Waals surface area contributed by atoms with Gasteiger partial charge in [-0.05, 0) is 39.4 Å². The van der Waals surface area contributed by atoms with Crippen LogP contribution in [0.1, 0.15) is 5.56 Å². The third-order valence-corrected chi connectivity index (χ3v) is 3.02. The molecule has 0 bridgehead atoms. The second kappa shape index (κ2) is 4.01. The maximum Gasteiger partial charge on any atom is 0.390 e. The molecule has 6 nitrogen and oxygen atoms in total. The predicted octanol–water partition coefficient (Wildman–Crippen LogP) is 2.25. The Morgan fingerprint density at radius 2 is 2.25 bits per heavy atom. The minimum absolute atomic E-state index is 0.199. The highest BCUT2D eigenvalue weighted by molar-refractivity contribution is 9.10. The van der Waals surface area contributed by atoms with Gasteiger partial charge in [0, 0.05) is 6.20 Å². The summed E-state index contributed by atoms with van der Waals surface area (Å²) in [5.41, 5.74) is 0.989. The molecule has 0 aliphatic rings. The number of nitro groups is 1. The Bertz CT molecular complexity index is 552. The molecule has 0 saturated heterocycles. The Hall–Kier alpha value is -1.76. The van der Waals surface area contributed by atoms with Crippen molar-refractivity contribution in [1.82, 2.24) is 14.8 Å². The van der Waals surface area contributed by atoms with Crippen LogP contribution < -0.4 is 0 Å². The number of hydrogen-bond acceptors (Lipinski definition) is 4. The van der Waals surface area contributed by atoms with Crippen LogP contribution in [0.25, 0.3) is 5.82 Å². The van der Waals surface area contributed by atoms with Gasteiger partial charge in [-0.25, -0.2) is 4.98 Å². The van der Waals surface area contributed by atoms with Gasteiger partial charge in [0.15, 0.2) is 5.82 Å². The normalized spacial score (nSPS) is 10.4. The van der Waals surface area contributed by atoms with Crippen LogP contribution in [0, 0.1) is 17.0 Å². The maximum absolute atomic E-state index is 10.5. The van der Waals surface area contributed by atoms with Crippen LogP contribution in [0.3, 0.4) is 0 Å². The molecule has 0 spiro atoms. The van der Waals surface area contributed by atoms with E-state index in [2.05, 4.69) is 26.0 Å². The second-order valence-electron chi connectivity index (χ2n) is 3.14. The summed E-state index contributed by atoms with van der Waals surface area (Å²) in [6, 6.07) is 3.17. The van der Waals surface area contributed by atoms with Crippen LogP contribution in [0.2, 0.25) is 0 Å². The molecule has 82 valence electrons. The number of hydrogen-bond donors (Lipinski definition) is 0. The van der Waals surface area contributed by atoms with E-state index >= 15 is 0 Å². The molecular formula is C9H7BrN4O2. The summed E-state index contributed by atoms with van der Waals surface area (Å²) in [7, 11) is 0. The van der Waals surface area contributed by atoms with Crippen molar-refractivity contribution in [3.05, 3.63) is 44.7 Å². The first-order chi connectivity index (χ1) is 7.59. The van der Waals surface area contributed by atoms with Crippen molar-refractivity contribution in [1.29, 1.82) is 0 Å². The highest BCUT2D eigenvalue weighted by atomic mass is 79.9. The van der Waals surface area contributed by atoms with E-state index in [1.165, 1.54) is 16.9 Å². The lowest BCUT2D eigenvalue weighted by atomic mass is 10.3. The minimum Gasteiger partial charge on any atom is -0.358 e. The van der Waals surface area contributed by atoms with E-state index < -0.39 is 4.92 Å². The van der Waals surface area contributed by atoms with Crippen molar-refractivity contribution in [3.63, 3.8) is 0 Å². The van der Waals surface area contributed by atoms with Gasteiger partial charge in [0.2, 0.25) is 0 Å². The van der Waals surface area contributed by atoms with Gasteiger partial charge in [-0.3, -0.25) is 0 Å². The van der Waals surface area contributed by atoms with Gasteiger partial charge < -0.3 is 10.1 Å². The highest BCUT2D eigenvalue weighted by Crippen LogP contribution is 2.22. The Morgan fingerprint density at radius 3 is 2.88 bits per heavy atom. The first-order valence-electron chi connectivity index (χ1n) is 4.41. The Labute approximate surface area is 99.2 Å². The molecule has 7 heteroatoms. The second-order valence-corrected chi connectivity index (χ2v) is 3.93. The fourth-order valence-corrected chi connectivity index (χ4v) is 1.63. The first kappa shape index (κ1) is 10.7. The van der Waals surface area contributed by atoms with Crippen LogP contribution in [-0.2, 0) is 0 Å². The number of halogens is 1. The molecule has 0 atom stereocenters. The number of pyridine rings is 1. The topological polar surface area (TPSA) is 73.8 Å². The van der Waals surface area contributed by atoms with E-state index in [4.69, 9.17) is 0 Å². The highest BCUT2D eigenvalue weighted by Gasteiger charge is 2.15. The third-order valence-electron chi connectivity index (χ3n) is 2.04. The van der Waals surface area contributed by atoms with Gasteiger partial charge in [-0.2, -0.15) is 0 Å². The third kappa shape index (κ3) is 1.81. The number of nitrogens with zero attached hydrogens (tertiary/aromatic N) is 4. The smallest absolute Gasteiger partial charge is 0.358 e. The molecule has 2 aromatic rings. The molecule has 2 rings (SSSR count). The summed E-state index contributed by atoms with van der Waals surface area (Å²) >= 11 is 3.37. The summed E-state index contributed by atoms with van der Waals surface area (Å²) in [5, 5.41) is 14.3.